The molecular formula is C15H22N6O3S. The van der Waals surface area contributed by atoms with E-state index in [1.54, 1.807) is 13.1 Å². The van der Waals surface area contributed by atoms with Crippen molar-refractivity contribution in [2.24, 2.45) is 7.05 Å². The van der Waals surface area contributed by atoms with E-state index in [0.29, 0.717) is 39.3 Å². The molecule has 0 aliphatic carbocycles. The molecule has 0 atom stereocenters. The zero-order valence-electron chi connectivity index (χ0n) is 14.4. The molecule has 3 rings (SSSR count). The van der Waals surface area contributed by atoms with Crippen molar-refractivity contribution in [3.8, 4) is 0 Å². The number of rotatable bonds is 5. The molecule has 0 unspecified atom stereocenters. The van der Waals surface area contributed by atoms with Crippen LogP contribution in [-0.2, 0) is 23.6 Å². The highest BCUT2D eigenvalue weighted by atomic mass is 32.2. The molecule has 2 aromatic rings. The highest BCUT2D eigenvalue weighted by Crippen LogP contribution is 2.16. The summed E-state index contributed by atoms with van der Waals surface area (Å²) in [7, 11) is -1.80. The van der Waals surface area contributed by atoms with Gasteiger partial charge in [0, 0.05) is 52.0 Å². The van der Waals surface area contributed by atoms with Crippen molar-refractivity contribution in [2.45, 2.75) is 18.4 Å². The van der Waals surface area contributed by atoms with Crippen molar-refractivity contribution in [2.75, 3.05) is 32.7 Å². The Morgan fingerprint density at radius 2 is 1.84 bits per heavy atom. The maximum atomic E-state index is 12.6. The molecule has 0 spiro atoms. The smallest absolute Gasteiger partial charge is 0.266 e. The molecule has 0 amide bonds. The first-order valence-electron chi connectivity index (χ1n) is 8.12. The molecular weight excluding hydrogens is 344 g/mol. The zero-order chi connectivity index (χ0) is 18.0. The van der Waals surface area contributed by atoms with Gasteiger partial charge in [-0.3, -0.25) is 14.4 Å². The average molecular weight is 366 g/mol. The fraction of sp³-hybridized carbons (Fsp3) is 0.533. The van der Waals surface area contributed by atoms with Crippen LogP contribution in [0.25, 0.3) is 0 Å². The van der Waals surface area contributed by atoms with E-state index < -0.39 is 10.0 Å². The highest BCUT2D eigenvalue weighted by Gasteiger charge is 2.29. The quantitative estimate of drug-likeness (QED) is 0.694. The normalized spacial score (nSPS) is 17.0. The Kier molecular flexibility index (Phi) is 5.02. The topological polar surface area (TPSA) is 93.3 Å². The molecule has 1 aliphatic rings. The van der Waals surface area contributed by atoms with Gasteiger partial charge in [0.2, 0.25) is 10.0 Å². The van der Waals surface area contributed by atoms with Crippen LogP contribution in [-0.4, -0.2) is 69.9 Å². The third-order valence-electron chi connectivity index (χ3n) is 4.28. The molecule has 25 heavy (non-hydrogen) atoms. The molecule has 136 valence electrons. The number of piperazine rings is 1. The van der Waals surface area contributed by atoms with Crippen LogP contribution < -0.4 is 5.56 Å². The third kappa shape index (κ3) is 3.97. The highest BCUT2D eigenvalue weighted by molar-refractivity contribution is 7.89. The van der Waals surface area contributed by atoms with Gasteiger partial charge in [-0.05, 0) is 13.0 Å². The molecule has 1 fully saturated rings. The minimum Gasteiger partial charge on any atom is -0.299 e. The third-order valence-corrected chi connectivity index (χ3v) is 6.13. The second-order valence-electron chi connectivity index (χ2n) is 6.13. The number of hydrogen-bond donors (Lipinski definition) is 0. The van der Waals surface area contributed by atoms with Crippen molar-refractivity contribution in [1.82, 2.24) is 28.8 Å². The second kappa shape index (κ2) is 7.06. The van der Waals surface area contributed by atoms with Gasteiger partial charge in [0.25, 0.3) is 5.56 Å². The summed E-state index contributed by atoms with van der Waals surface area (Å²) in [5.74, 6) is 0. The zero-order valence-corrected chi connectivity index (χ0v) is 15.2. The first-order chi connectivity index (χ1) is 11.9. The Bertz CT molecular complexity index is 896. The molecule has 0 aromatic carbocycles. The van der Waals surface area contributed by atoms with Crippen LogP contribution in [0.4, 0.5) is 0 Å². The molecule has 1 saturated heterocycles. The summed E-state index contributed by atoms with van der Waals surface area (Å²) in [6.45, 7) is 5.10. The lowest BCUT2D eigenvalue weighted by atomic mass is 10.3. The molecule has 3 heterocycles. The summed E-state index contributed by atoms with van der Waals surface area (Å²) in [6.07, 6.45) is 2.88. The van der Waals surface area contributed by atoms with E-state index in [9.17, 15) is 13.2 Å². The SMILES string of the molecule is Cc1ccc(=O)n(CCN2CCN(S(=O)(=O)c3cnn(C)c3)CC2)n1. The van der Waals surface area contributed by atoms with Crippen LogP contribution in [0.3, 0.4) is 0 Å². The summed E-state index contributed by atoms with van der Waals surface area (Å²) >= 11 is 0. The van der Waals surface area contributed by atoms with Crippen LogP contribution in [0.5, 0.6) is 0 Å². The summed E-state index contributed by atoms with van der Waals surface area (Å²) in [4.78, 5) is 14.1. The van der Waals surface area contributed by atoms with Crippen molar-refractivity contribution < 1.29 is 8.42 Å². The predicted octanol–water partition coefficient (Wildman–Crippen LogP) is -0.708. The van der Waals surface area contributed by atoms with Crippen LogP contribution in [0.2, 0.25) is 0 Å². The predicted molar refractivity (Wildman–Crippen MR) is 91.6 cm³/mol. The van der Waals surface area contributed by atoms with Crippen molar-refractivity contribution in [1.29, 1.82) is 0 Å². The van der Waals surface area contributed by atoms with Crippen LogP contribution in [0.1, 0.15) is 5.69 Å². The minimum absolute atomic E-state index is 0.122. The van der Waals surface area contributed by atoms with Gasteiger partial charge in [-0.15, -0.1) is 0 Å². The lowest BCUT2D eigenvalue weighted by Gasteiger charge is -2.33. The lowest BCUT2D eigenvalue weighted by Crippen LogP contribution is -2.49. The summed E-state index contributed by atoms with van der Waals surface area (Å²) in [5.41, 5.74) is 0.676. The fourth-order valence-electron chi connectivity index (χ4n) is 2.82. The van der Waals surface area contributed by atoms with Gasteiger partial charge in [0.15, 0.2) is 0 Å². The number of aromatic nitrogens is 4. The molecule has 1 aliphatic heterocycles. The molecule has 0 bridgehead atoms. The first kappa shape index (κ1) is 17.8. The molecule has 0 N–H and O–H groups in total. The van der Waals surface area contributed by atoms with E-state index in [4.69, 9.17) is 0 Å². The number of hydrogen-bond acceptors (Lipinski definition) is 6. The first-order valence-corrected chi connectivity index (χ1v) is 9.56. The Morgan fingerprint density at radius 1 is 1.12 bits per heavy atom. The minimum atomic E-state index is -3.49. The Hall–Kier alpha value is -2.04. The van der Waals surface area contributed by atoms with Gasteiger partial charge in [-0.2, -0.15) is 14.5 Å². The Labute approximate surface area is 146 Å². The van der Waals surface area contributed by atoms with E-state index in [2.05, 4.69) is 15.1 Å². The van der Waals surface area contributed by atoms with E-state index in [0.717, 1.165) is 5.69 Å². The van der Waals surface area contributed by atoms with Gasteiger partial charge in [0.05, 0.1) is 18.4 Å². The maximum absolute atomic E-state index is 12.6. The van der Waals surface area contributed by atoms with E-state index >= 15 is 0 Å². The molecule has 2 aromatic heterocycles. The lowest BCUT2D eigenvalue weighted by molar-refractivity contribution is 0.180. The fourth-order valence-corrected chi connectivity index (χ4v) is 4.23. The van der Waals surface area contributed by atoms with E-state index in [-0.39, 0.29) is 10.5 Å². The van der Waals surface area contributed by atoms with Crippen LogP contribution >= 0.6 is 0 Å². The summed E-state index contributed by atoms with van der Waals surface area (Å²) in [5, 5.41) is 8.15. The van der Waals surface area contributed by atoms with Crippen LogP contribution in [0, 0.1) is 6.92 Å². The summed E-state index contributed by atoms with van der Waals surface area (Å²) in [6, 6.07) is 3.21. The van der Waals surface area contributed by atoms with Gasteiger partial charge < -0.3 is 0 Å². The summed E-state index contributed by atoms with van der Waals surface area (Å²) < 4.78 is 29.6. The largest absolute Gasteiger partial charge is 0.299 e. The van der Waals surface area contributed by atoms with Crippen molar-refractivity contribution >= 4 is 10.0 Å². The Balaban J connectivity index is 1.57. The number of nitrogens with zero attached hydrogens (tertiary/aromatic N) is 6. The monoisotopic (exact) mass is 366 g/mol. The van der Waals surface area contributed by atoms with Crippen molar-refractivity contribution in [3.63, 3.8) is 0 Å². The maximum Gasteiger partial charge on any atom is 0.266 e. The second-order valence-corrected chi connectivity index (χ2v) is 8.07. The van der Waals surface area contributed by atoms with Gasteiger partial charge >= 0.3 is 0 Å². The number of aryl methyl sites for hydroxylation is 2. The van der Waals surface area contributed by atoms with Gasteiger partial charge in [0.1, 0.15) is 4.90 Å². The molecule has 0 saturated carbocycles. The molecule has 9 nitrogen and oxygen atoms in total. The van der Waals surface area contributed by atoms with Gasteiger partial charge in [-0.1, -0.05) is 0 Å². The molecule has 10 heteroatoms. The van der Waals surface area contributed by atoms with Crippen molar-refractivity contribution in [3.05, 3.63) is 40.6 Å². The number of sulfonamides is 1. The van der Waals surface area contributed by atoms with E-state index in [1.807, 2.05) is 6.92 Å². The van der Waals surface area contributed by atoms with Crippen LogP contribution in [0.15, 0.2) is 34.2 Å². The standard InChI is InChI=1S/C15H22N6O3S/c1-13-3-4-15(22)21(17-13)10-7-19-5-8-20(9-6-19)25(23,24)14-11-16-18(2)12-14/h3-4,11-12H,5-10H2,1-2H3. The van der Waals surface area contributed by atoms with Gasteiger partial charge in [-0.25, -0.2) is 13.1 Å². The average Bonchev–Trinajstić information content (AvgIpc) is 3.03. The Morgan fingerprint density at radius 3 is 2.48 bits per heavy atom. The van der Waals surface area contributed by atoms with E-state index in [1.165, 1.54) is 32.1 Å². The molecule has 0 radical (unpaired) electrons.